The zero-order chi connectivity index (χ0) is 15.7. The van der Waals surface area contributed by atoms with Crippen molar-refractivity contribution in [2.75, 3.05) is 45.8 Å². The highest BCUT2D eigenvalue weighted by molar-refractivity contribution is 5.85. The lowest BCUT2D eigenvalue weighted by atomic mass is 9.94. The van der Waals surface area contributed by atoms with Gasteiger partial charge in [0.15, 0.2) is 0 Å². The third kappa shape index (κ3) is 10.4. The molecule has 6 heteroatoms. The minimum absolute atomic E-state index is 0. The fourth-order valence-corrected chi connectivity index (χ4v) is 3.02. The molecule has 0 saturated carbocycles. The van der Waals surface area contributed by atoms with Crippen molar-refractivity contribution in [2.45, 2.75) is 47.0 Å². The Morgan fingerprint density at radius 2 is 1.65 bits per heavy atom. The molecule has 1 N–H and O–H groups in total. The smallest absolute Gasteiger partial charge is 0.222 e. The van der Waals surface area contributed by atoms with Crippen LogP contribution in [0.3, 0.4) is 0 Å². The Hall–Kier alpha value is -0.0300. The van der Waals surface area contributed by atoms with Crippen molar-refractivity contribution in [1.82, 2.24) is 15.1 Å². The number of rotatable bonds is 9. The largest absolute Gasteiger partial charge is 0.341 e. The number of likely N-dealkylation sites (N-methyl/N-ethyl adjacent to an activating group) is 1. The summed E-state index contributed by atoms with van der Waals surface area (Å²) in [4.78, 5) is 17.1. The molecule has 1 heterocycles. The Bertz CT molecular complexity index is 294. The Labute approximate surface area is 155 Å². The van der Waals surface area contributed by atoms with Gasteiger partial charge in [-0.05, 0) is 50.9 Å². The van der Waals surface area contributed by atoms with Gasteiger partial charge in [-0.3, -0.25) is 4.79 Å². The molecule has 0 radical (unpaired) electrons. The average Bonchev–Trinajstić information content (AvgIpc) is 2.47. The average molecular weight is 370 g/mol. The third-order valence-corrected chi connectivity index (χ3v) is 4.44. The molecular formula is C17H37Cl2N3O. The summed E-state index contributed by atoms with van der Waals surface area (Å²) in [7, 11) is 0. The van der Waals surface area contributed by atoms with E-state index in [2.05, 4.69) is 42.8 Å². The highest BCUT2D eigenvalue weighted by Crippen LogP contribution is 2.17. The molecule has 0 aromatic rings. The highest BCUT2D eigenvalue weighted by atomic mass is 35.5. The number of nitrogens with one attached hydrogen (secondary N) is 1. The summed E-state index contributed by atoms with van der Waals surface area (Å²) in [6, 6.07) is 0. The summed E-state index contributed by atoms with van der Waals surface area (Å²) < 4.78 is 0. The normalized spacial score (nSPS) is 15.2. The molecule has 1 amide bonds. The first kappa shape index (κ1) is 25.2. The van der Waals surface area contributed by atoms with Crippen molar-refractivity contribution >= 4 is 30.7 Å². The van der Waals surface area contributed by atoms with Crippen LogP contribution in [-0.2, 0) is 4.79 Å². The van der Waals surface area contributed by atoms with Gasteiger partial charge < -0.3 is 15.1 Å². The molecule has 1 fully saturated rings. The van der Waals surface area contributed by atoms with Gasteiger partial charge in [0, 0.05) is 26.1 Å². The van der Waals surface area contributed by atoms with Gasteiger partial charge in [-0.1, -0.05) is 27.7 Å². The van der Waals surface area contributed by atoms with E-state index >= 15 is 0 Å². The molecule has 0 aliphatic carbocycles. The van der Waals surface area contributed by atoms with Crippen LogP contribution in [0.4, 0.5) is 0 Å². The summed E-state index contributed by atoms with van der Waals surface area (Å²) in [5.41, 5.74) is 0. The predicted molar refractivity (Wildman–Crippen MR) is 104 cm³/mol. The predicted octanol–water partition coefficient (Wildman–Crippen LogP) is 3.05. The van der Waals surface area contributed by atoms with Crippen LogP contribution < -0.4 is 5.32 Å². The van der Waals surface area contributed by atoms with Gasteiger partial charge in [0.1, 0.15) is 0 Å². The molecule has 1 rings (SSSR count). The van der Waals surface area contributed by atoms with Crippen molar-refractivity contribution in [3.05, 3.63) is 0 Å². The second-order valence-electron chi connectivity index (χ2n) is 6.66. The maximum atomic E-state index is 12.6. The second-order valence-corrected chi connectivity index (χ2v) is 6.66. The van der Waals surface area contributed by atoms with E-state index in [1.165, 1.54) is 0 Å². The Balaban J connectivity index is 0. The van der Waals surface area contributed by atoms with Crippen LogP contribution in [0.1, 0.15) is 47.0 Å². The van der Waals surface area contributed by atoms with Crippen LogP contribution in [0.2, 0.25) is 0 Å². The lowest BCUT2D eigenvalue weighted by Crippen LogP contribution is -2.41. The molecule has 0 bridgehead atoms. The van der Waals surface area contributed by atoms with Gasteiger partial charge in [-0.2, -0.15) is 0 Å². The zero-order valence-corrected chi connectivity index (χ0v) is 17.0. The van der Waals surface area contributed by atoms with E-state index in [1.807, 2.05) is 0 Å². The van der Waals surface area contributed by atoms with Crippen LogP contribution in [0.5, 0.6) is 0 Å². The first-order chi connectivity index (χ1) is 10.1. The minimum Gasteiger partial charge on any atom is -0.341 e. The first-order valence-corrected chi connectivity index (χ1v) is 8.77. The van der Waals surface area contributed by atoms with E-state index in [1.54, 1.807) is 0 Å². The van der Waals surface area contributed by atoms with Crippen LogP contribution in [-0.4, -0.2) is 61.5 Å². The summed E-state index contributed by atoms with van der Waals surface area (Å²) in [6.45, 7) is 15.8. The Kier molecular flexibility index (Phi) is 15.7. The maximum Gasteiger partial charge on any atom is 0.222 e. The topological polar surface area (TPSA) is 35.6 Å². The molecule has 0 spiro atoms. The number of piperidine rings is 1. The minimum atomic E-state index is 0. The first-order valence-electron chi connectivity index (χ1n) is 8.77. The lowest BCUT2D eigenvalue weighted by Gasteiger charge is -2.30. The Morgan fingerprint density at radius 3 is 2.13 bits per heavy atom. The van der Waals surface area contributed by atoms with E-state index < -0.39 is 0 Å². The number of carbonyl (C=O) groups is 1. The fourth-order valence-electron chi connectivity index (χ4n) is 3.02. The molecule has 0 aromatic heterocycles. The van der Waals surface area contributed by atoms with Gasteiger partial charge in [-0.25, -0.2) is 0 Å². The number of carbonyl (C=O) groups excluding carboxylic acids is 1. The molecule has 1 aliphatic rings. The molecule has 0 atom stereocenters. The summed E-state index contributed by atoms with van der Waals surface area (Å²) >= 11 is 0. The number of nitrogens with zero attached hydrogens (tertiary/aromatic N) is 2. The van der Waals surface area contributed by atoms with Crippen LogP contribution in [0.25, 0.3) is 0 Å². The van der Waals surface area contributed by atoms with Gasteiger partial charge in [-0.15, -0.1) is 24.8 Å². The van der Waals surface area contributed by atoms with Crippen LogP contribution in [0, 0.1) is 11.8 Å². The highest BCUT2D eigenvalue weighted by Gasteiger charge is 2.21. The molecular weight excluding hydrogens is 333 g/mol. The molecule has 140 valence electrons. The monoisotopic (exact) mass is 369 g/mol. The second kappa shape index (κ2) is 14.3. The van der Waals surface area contributed by atoms with Crippen LogP contribution in [0.15, 0.2) is 0 Å². The van der Waals surface area contributed by atoms with Crippen molar-refractivity contribution in [2.24, 2.45) is 11.8 Å². The molecule has 1 aliphatic heterocycles. The summed E-state index contributed by atoms with van der Waals surface area (Å²) in [5.74, 6) is 1.49. The van der Waals surface area contributed by atoms with Gasteiger partial charge in [0.2, 0.25) is 5.91 Å². The van der Waals surface area contributed by atoms with E-state index in [-0.39, 0.29) is 24.8 Å². The quantitative estimate of drug-likeness (QED) is 0.678. The number of halogens is 2. The van der Waals surface area contributed by atoms with E-state index in [0.717, 1.165) is 65.1 Å². The standard InChI is InChI=1S/C17H35N3O.2ClH/c1-5-19(6-2)11-12-20(14-15(3)4)17(21)13-16-7-9-18-10-8-16;;/h15-16,18H,5-14H2,1-4H3;2*1H. The molecule has 0 unspecified atom stereocenters. The molecule has 1 saturated heterocycles. The van der Waals surface area contributed by atoms with Crippen molar-refractivity contribution in [3.8, 4) is 0 Å². The summed E-state index contributed by atoms with van der Waals surface area (Å²) in [5, 5.41) is 3.37. The van der Waals surface area contributed by atoms with E-state index in [0.29, 0.717) is 17.7 Å². The lowest BCUT2D eigenvalue weighted by molar-refractivity contribution is -0.133. The summed E-state index contributed by atoms with van der Waals surface area (Å²) in [6.07, 6.45) is 3.04. The fraction of sp³-hybridized carbons (Fsp3) is 0.941. The number of amides is 1. The molecule has 23 heavy (non-hydrogen) atoms. The van der Waals surface area contributed by atoms with E-state index in [4.69, 9.17) is 0 Å². The SMILES string of the molecule is CCN(CC)CCN(CC(C)C)C(=O)CC1CCNCC1.Cl.Cl. The van der Waals surface area contributed by atoms with Gasteiger partial charge in [0.25, 0.3) is 0 Å². The van der Waals surface area contributed by atoms with Gasteiger partial charge >= 0.3 is 0 Å². The van der Waals surface area contributed by atoms with Gasteiger partial charge in [0.05, 0.1) is 0 Å². The molecule has 0 aromatic carbocycles. The van der Waals surface area contributed by atoms with Crippen LogP contribution >= 0.6 is 24.8 Å². The number of hydrogen-bond donors (Lipinski definition) is 1. The van der Waals surface area contributed by atoms with Crippen molar-refractivity contribution in [1.29, 1.82) is 0 Å². The number of hydrogen-bond acceptors (Lipinski definition) is 3. The molecule has 4 nitrogen and oxygen atoms in total. The van der Waals surface area contributed by atoms with Crippen molar-refractivity contribution < 1.29 is 4.79 Å². The van der Waals surface area contributed by atoms with Crippen molar-refractivity contribution in [3.63, 3.8) is 0 Å². The maximum absolute atomic E-state index is 12.6. The Morgan fingerprint density at radius 1 is 1.09 bits per heavy atom. The zero-order valence-electron chi connectivity index (χ0n) is 15.3. The third-order valence-electron chi connectivity index (χ3n) is 4.44. The van der Waals surface area contributed by atoms with E-state index in [9.17, 15) is 4.79 Å².